The van der Waals surface area contributed by atoms with Crippen molar-refractivity contribution in [3.63, 3.8) is 0 Å². The molecule has 0 radical (unpaired) electrons. The Labute approximate surface area is 68.6 Å². The summed E-state index contributed by atoms with van der Waals surface area (Å²) in [5.41, 5.74) is 0. The zero-order valence-electron chi connectivity index (χ0n) is 8.65. The van der Waals surface area contributed by atoms with Crippen LogP contribution in [-0.2, 0) is 0 Å². The van der Waals surface area contributed by atoms with Gasteiger partial charge in [0.05, 0.1) is 2.74 Å². The zero-order valence-corrected chi connectivity index (χ0v) is 5.65. The van der Waals surface area contributed by atoms with Gasteiger partial charge in [-0.1, -0.05) is 6.07 Å². The fourth-order valence-electron chi connectivity index (χ4n) is 0.762. The highest BCUT2D eigenvalue weighted by molar-refractivity contribution is 5.20. The number of rotatable bonds is 1. The summed E-state index contributed by atoms with van der Waals surface area (Å²) < 4.78 is 23.5. The molecule has 0 unspecified atom stereocenters. The molecular formula is C8H7N3. The summed E-state index contributed by atoms with van der Waals surface area (Å²) in [6, 6.07) is 4.83. The second kappa shape index (κ2) is 2.54. The molecule has 3 nitrogen and oxygen atoms in total. The van der Waals surface area contributed by atoms with Crippen molar-refractivity contribution in [2.75, 3.05) is 0 Å². The number of hydrogen-bond acceptors (Lipinski definition) is 2. The minimum Gasteiger partial charge on any atom is -0.291 e. The third-order valence-electron chi connectivity index (χ3n) is 1.23. The van der Waals surface area contributed by atoms with Gasteiger partial charge in [-0.15, -0.1) is 0 Å². The van der Waals surface area contributed by atoms with Gasteiger partial charge in [0.1, 0.15) is 13.5 Å². The van der Waals surface area contributed by atoms with Crippen LogP contribution in [0.2, 0.25) is 0 Å². The van der Waals surface area contributed by atoms with E-state index < -0.39 is 0 Å². The molecule has 54 valence electrons. The molecule has 0 atom stereocenters. The van der Waals surface area contributed by atoms with Crippen LogP contribution in [-0.4, -0.2) is 14.5 Å². The third kappa shape index (κ3) is 1.12. The molecule has 0 bridgehead atoms. The molecule has 2 heterocycles. The Morgan fingerprint density at radius 1 is 1.45 bits per heavy atom. The quantitative estimate of drug-likeness (QED) is 0.609. The van der Waals surface area contributed by atoms with Gasteiger partial charge in [-0.25, -0.2) is 9.97 Å². The number of imidazole rings is 1. The number of nitrogens with zero attached hydrogens (tertiary/aromatic N) is 3. The topological polar surface area (TPSA) is 30.7 Å². The molecule has 0 amide bonds. The molecule has 0 saturated heterocycles. The van der Waals surface area contributed by atoms with E-state index in [1.807, 2.05) is 0 Å². The van der Waals surface area contributed by atoms with Gasteiger partial charge in [0, 0.05) is 18.5 Å². The van der Waals surface area contributed by atoms with E-state index in [-0.39, 0.29) is 18.6 Å². The maximum atomic E-state index is 7.48. The second-order valence-electron chi connectivity index (χ2n) is 1.95. The van der Waals surface area contributed by atoms with Crippen LogP contribution in [0.3, 0.4) is 0 Å². The first-order valence-electron chi connectivity index (χ1n) is 4.63. The predicted octanol–water partition coefficient (Wildman–Crippen LogP) is 1.27. The van der Waals surface area contributed by atoms with Crippen molar-refractivity contribution < 1.29 is 4.11 Å². The lowest BCUT2D eigenvalue weighted by Gasteiger charge is -1.96. The van der Waals surface area contributed by atoms with Crippen molar-refractivity contribution in [1.29, 1.82) is 0 Å². The molecule has 0 aliphatic heterocycles. The van der Waals surface area contributed by atoms with E-state index in [0.717, 1.165) is 0 Å². The van der Waals surface area contributed by atoms with Crippen LogP contribution in [0.4, 0.5) is 0 Å². The highest BCUT2D eigenvalue weighted by atomic mass is 15.1. The Morgan fingerprint density at radius 3 is 3.18 bits per heavy atom. The summed E-state index contributed by atoms with van der Waals surface area (Å²) in [5.74, 6) is 0.380. The van der Waals surface area contributed by atoms with Crippen molar-refractivity contribution in [3.8, 4) is 5.82 Å². The molecule has 0 saturated carbocycles. The lowest BCUT2D eigenvalue weighted by Crippen LogP contribution is -1.91. The lowest BCUT2D eigenvalue weighted by molar-refractivity contribution is 0.993. The molecular weight excluding hydrogens is 138 g/mol. The van der Waals surface area contributed by atoms with Crippen LogP contribution >= 0.6 is 0 Å². The minimum absolute atomic E-state index is 0.0481. The third-order valence-corrected chi connectivity index (χ3v) is 1.23. The number of aromatic nitrogens is 3. The monoisotopic (exact) mass is 148 g/mol. The average Bonchev–Trinajstić information content (AvgIpc) is 2.46. The highest BCUT2D eigenvalue weighted by Crippen LogP contribution is 1.99. The molecule has 0 aliphatic rings. The summed E-state index contributed by atoms with van der Waals surface area (Å²) in [4.78, 5) is 7.55. The van der Waals surface area contributed by atoms with Crippen LogP contribution in [0.15, 0.2) is 43.0 Å². The molecule has 2 aromatic rings. The molecule has 0 aliphatic carbocycles. The van der Waals surface area contributed by atoms with E-state index in [1.165, 1.54) is 16.8 Å². The van der Waals surface area contributed by atoms with Crippen molar-refractivity contribution >= 4 is 0 Å². The van der Waals surface area contributed by atoms with Gasteiger partial charge in [-0.2, -0.15) is 0 Å². The highest BCUT2D eigenvalue weighted by Gasteiger charge is 1.91. The average molecular weight is 148 g/mol. The summed E-state index contributed by atoms with van der Waals surface area (Å²) in [6.45, 7) is 0. The summed E-state index contributed by atoms with van der Waals surface area (Å²) in [5, 5.41) is 0. The fraction of sp³-hybridized carbons (Fsp3) is 0. The predicted molar refractivity (Wildman–Crippen MR) is 41.4 cm³/mol. The lowest BCUT2D eigenvalue weighted by atomic mass is 10.5. The van der Waals surface area contributed by atoms with Crippen LogP contribution in [0.5, 0.6) is 0 Å². The second-order valence-corrected chi connectivity index (χ2v) is 1.95. The number of pyridine rings is 1. The maximum Gasteiger partial charge on any atom is 0.137 e. The molecule has 0 fully saturated rings. The van der Waals surface area contributed by atoms with Gasteiger partial charge in [0.2, 0.25) is 0 Å². The number of hydrogen-bond donors (Lipinski definition) is 0. The normalized spacial score (nSPS) is 13.6. The zero-order chi connectivity index (χ0) is 10.1. The van der Waals surface area contributed by atoms with E-state index >= 15 is 0 Å². The first-order valence-corrected chi connectivity index (χ1v) is 3.13. The minimum atomic E-state index is -0.0481. The van der Waals surface area contributed by atoms with Gasteiger partial charge < -0.3 is 0 Å². The summed E-state index contributed by atoms with van der Waals surface area (Å²) in [7, 11) is 0. The van der Waals surface area contributed by atoms with Crippen LogP contribution in [0.1, 0.15) is 4.11 Å². The van der Waals surface area contributed by atoms with E-state index in [2.05, 4.69) is 9.97 Å². The van der Waals surface area contributed by atoms with Crippen molar-refractivity contribution in [2.24, 2.45) is 0 Å². The maximum absolute atomic E-state index is 7.48. The Bertz CT molecular complexity index is 447. The molecule has 0 N–H and O–H groups in total. The van der Waals surface area contributed by atoms with Crippen LogP contribution in [0, 0.1) is 0 Å². The fourth-order valence-corrected chi connectivity index (χ4v) is 0.762. The Kier molecular flexibility index (Phi) is 0.845. The van der Waals surface area contributed by atoms with Crippen LogP contribution in [0.25, 0.3) is 5.82 Å². The first-order chi connectivity index (χ1) is 6.68. The van der Waals surface area contributed by atoms with Crippen molar-refractivity contribution in [2.45, 2.75) is 0 Å². The Hall–Kier alpha value is -1.64. The first kappa shape index (κ1) is 3.67. The largest absolute Gasteiger partial charge is 0.291 e. The standard InChI is InChI=1S/C8H7N3/c1-2-4-10-8(3-1)11-6-5-9-7-11/h1-7H/i4D,6D,7D. The van der Waals surface area contributed by atoms with Crippen molar-refractivity contribution in [1.82, 2.24) is 14.5 Å². The van der Waals surface area contributed by atoms with Gasteiger partial charge in [-0.05, 0) is 12.1 Å². The van der Waals surface area contributed by atoms with Gasteiger partial charge in [0.15, 0.2) is 0 Å². The molecule has 3 heteroatoms. The molecule has 2 aromatic heterocycles. The Balaban J connectivity index is 2.59. The van der Waals surface area contributed by atoms with Gasteiger partial charge in [0.25, 0.3) is 0 Å². The van der Waals surface area contributed by atoms with E-state index in [1.54, 1.807) is 12.1 Å². The Morgan fingerprint density at radius 2 is 2.45 bits per heavy atom. The molecule has 11 heavy (non-hydrogen) atoms. The SMILES string of the molecule is [2H]c1cccc(-n2c([2H])cnc2[2H])n1. The molecule has 0 spiro atoms. The van der Waals surface area contributed by atoms with Crippen molar-refractivity contribution in [3.05, 3.63) is 43.0 Å². The molecule has 2 rings (SSSR count). The van der Waals surface area contributed by atoms with E-state index in [9.17, 15) is 0 Å². The van der Waals surface area contributed by atoms with Gasteiger partial charge >= 0.3 is 0 Å². The van der Waals surface area contributed by atoms with E-state index in [0.29, 0.717) is 5.82 Å². The summed E-state index contributed by atoms with van der Waals surface area (Å²) in [6.07, 6.45) is 1.43. The van der Waals surface area contributed by atoms with E-state index in [4.69, 9.17) is 4.11 Å². The summed E-state index contributed by atoms with van der Waals surface area (Å²) >= 11 is 0. The van der Waals surface area contributed by atoms with Gasteiger partial charge in [-0.3, -0.25) is 4.57 Å². The van der Waals surface area contributed by atoms with Crippen LogP contribution < -0.4 is 0 Å². The molecule has 0 aromatic carbocycles. The smallest absolute Gasteiger partial charge is 0.137 e.